The van der Waals surface area contributed by atoms with E-state index in [0.29, 0.717) is 50.9 Å². The average molecular weight is 335 g/mol. The van der Waals surface area contributed by atoms with E-state index in [9.17, 15) is 9.59 Å². The van der Waals surface area contributed by atoms with Crippen molar-refractivity contribution in [1.82, 2.24) is 25.3 Å². The number of nitrogens with one attached hydrogen (secondary N) is 1. The summed E-state index contributed by atoms with van der Waals surface area (Å²) in [7, 11) is 0. The smallest absolute Gasteiger partial charge is 0.317 e. The molecule has 2 heterocycles. The quantitative estimate of drug-likeness (QED) is 0.891. The van der Waals surface area contributed by atoms with Crippen LogP contribution in [0.15, 0.2) is 4.52 Å². The molecule has 0 atom stereocenters. The van der Waals surface area contributed by atoms with Crippen molar-refractivity contribution in [1.29, 1.82) is 0 Å². The average Bonchev–Trinajstić information content (AvgIpc) is 2.81. The number of urea groups is 1. The second-order valence-electron chi connectivity index (χ2n) is 6.51. The van der Waals surface area contributed by atoms with Gasteiger partial charge in [-0.25, -0.2) is 4.79 Å². The van der Waals surface area contributed by atoms with E-state index in [4.69, 9.17) is 4.52 Å². The summed E-state index contributed by atoms with van der Waals surface area (Å²) in [5.74, 6) is 1.88. The fourth-order valence-electron chi connectivity index (χ4n) is 3.02. The second kappa shape index (κ2) is 7.63. The highest BCUT2D eigenvalue weighted by Crippen LogP contribution is 2.35. The van der Waals surface area contributed by atoms with Crippen molar-refractivity contribution in [2.75, 3.05) is 32.7 Å². The molecule has 1 N–H and O–H groups in total. The highest BCUT2D eigenvalue weighted by molar-refractivity contribution is 5.75. The number of carbonyl (C=O) groups is 2. The van der Waals surface area contributed by atoms with Gasteiger partial charge in [0, 0.05) is 52.0 Å². The molecule has 1 aromatic rings. The summed E-state index contributed by atoms with van der Waals surface area (Å²) in [5.41, 5.74) is 0. The molecule has 3 amide bonds. The van der Waals surface area contributed by atoms with E-state index in [2.05, 4.69) is 15.5 Å². The molecule has 1 saturated heterocycles. The third kappa shape index (κ3) is 4.04. The number of rotatable bonds is 4. The first-order valence-corrected chi connectivity index (χ1v) is 8.74. The first-order valence-electron chi connectivity index (χ1n) is 8.74. The van der Waals surface area contributed by atoms with Crippen molar-refractivity contribution in [3.8, 4) is 0 Å². The zero-order chi connectivity index (χ0) is 16.9. The van der Waals surface area contributed by atoms with Crippen LogP contribution >= 0.6 is 0 Å². The van der Waals surface area contributed by atoms with Gasteiger partial charge in [-0.15, -0.1) is 0 Å². The van der Waals surface area contributed by atoms with Crippen LogP contribution in [0.4, 0.5) is 4.79 Å². The Morgan fingerprint density at radius 1 is 1.17 bits per heavy atom. The molecule has 24 heavy (non-hydrogen) atoms. The highest BCUT2D eigenvalue weighted by atomic mass is 16.5. The second-order valence-corrected chi connectivity index (χ2v) is 6.51. The van der Waals surface area contributed by atoms with E-state index in [1.165, 1.54) is 6.42 Å². The number of hydrogen-bond donors (Lipinski definition) is 1. The molecule has 0 bridgehead atoms. The Labute approximate surface area is 141 Å². The topological polar surface area (TPSA) is 91.6 Å². The van der Waals surface area contributed by atoms with Gasteiger partial charge in [0.1, 0.15) is 0 Å². The Bertz CT molecular complexity index is 584. The van der Waals surface area contributed by atoms with Crippen LogP contribution in [0.1, 0.15) is 50.2 Å². The zero-order valence-electron chi connectivity index (χ0n) is 14.2. The largest absolute Gasteiger partial charge is 0.341 e. The van der Waals surface area contributed by atoms with E-state index in [0.717, 1.165) is 25.2 Å². The van der Waals surface area contributed by atoms with Gasteiger partial charge in [0.15, 0.2) is 5.82 Å². The summed E-state index contributed by atoms with van der Waals surface area (Å²) in [6, 6.07) is -0.0943. The SMILES string of the molecule is CC(=O)N1CCCN(C(=O)NCCc2noc(C3CCC3)n2)CC1. The summed E-state index contributed by atoms with van der Waals surface area (Å²) in [4.78, 5) is 31.6. The van der Waals surface area contributed by atoms with Crippen molar-refractivity contribution < 1.29 is 14.1 Å². The van der Waals surface area contributed by atoms with Gasteiger partial charge < -0.3 is 19.6 Å². The Hall–Kier alpha value is -2.12. The molecule has 8 nitrogen and oxygen atoms in total. The number of hydrogen-bond acceptors (Lipinski definition) is 5. The lowest BCUT2D eigenvalue weighted by molar-refractivity contribution is -0.128. The summed E-state index contributed by atoms with van der Waals surface area (Å²) >= 11 is 0. The fourth-order valence-corrected chi connectivity index (χ4v) is 3.02. The van der Waals surface area contributed by atoms with Gasteiger partial charge in [-0.05, 0) is 19.3 Å². The lowest BCUT2D eigenvalue weighted by Gasteiger charge is -2.21. The molecule has 2 aliphatic rings. The standard InChI is InChI=1S/C16H25N5O3/c1-12(22)20-8-3-9-21(11-10-20)16(23)17-7-6-14-18-15(24-19-14)13-4-2-5-13/h13H,2-11H2,1H3,(H,17,23). The van der Waals surface area contributed by atoms with E-state index in [1.54, 1.807) is 16.7 Å². The van der Waals surface area contributed by atoms with Crippen LogP contribution in [0, 0.1) is 0 Å². The molecule has 3 rings (SSSR count). The van der Waals surface area contributed by atoms with Gasteiger partial charge in [-0.2, -0.15) is 4.98 Å². The van der Waals surface area contributed by atoms with Gasteiger partial charge in [0.2, 0.25) is 11.8 Å². The predicted octanol–water partition coefficient (Wildman–Crippen LogP) is 1.14. The maximum atomic E-state index is 12.2. The molecular formula is C16H25N5O3. The minimum Gasteiger partial charge on any atom is -0.341 e. The van der Waals surface area contributed by atoms with Gasteiger partial charge in [-0.1, -0.05) is 11.6 Å². The van der Waals surface area contributed by atoms with Crippen molar-refractivity contribution in [2.24, 2.45) is 0 Å². The lowest BCUT2D eigenvalue weighted by Crippen LogP contribution is -2.43. The summed E-state index contributed by atoms with van der Waals surface area (Å²) in [5, 5.41) is 6.88. The normalized spacial score (nSPS) is 18.9. The fraction of sp³-hybridized carbons (Fsp3) is 0.750. The van der Waals surface area contributed by atoms with Crippen LogP contribution < -0.4 is 5.32 Å². The first-order chi connectivity index (χ1) is 11.6. The van der Waals surface area contributed by atoms with Gasteiger partial charge in [0.25, 0.3) is 0 Å². The van der Waals surface area contributed by atoms with Crippen LogP contribution in [-0.2, 0) is 11.2 Å². The molecule has 1 saturated carbocycles. The van der Waals surface area contributed by atoms with Crippen molar-refractivity contribution >= 4 is 11.9 Å². The van der Waals surface area contributed by atoms with Crippen LogP contribution in [0.3, 0.4) is 0 Å². The molecule has 0 spiro atoms. The molecule has 1 aromatic heterocycles. The third-order valence-corrected chi connectivity index (χ3v) is 4.79. The lowest BCUT2D eigenvalue weighted by atomic mass is 9.85. The molecule has 132 valence electrons. The Morgan fingerprint density at radius 3 is 2.62 bits per heavy atom. The van der Waals surface area contributed by atoms with Gasteiger partial charge in [-0.3, -0.25) is 4.79 Å². The Kier molecular flexibility index (Phi) is 5.32. The van der Waals surface area contributed by atoms with E-state index in [-0.39, 0.29) is 11.9 Å². The number of nitrogens with zero attached hydrogens (tertiary/aromatic N) is 4. The van der Waals surface area contributed by atoms with Crippen molar-refractivity contribution in [3.05, 3.63) is 11.7 Å². The van der Waals surface area contributed by atoms with E-state index in [1.807, 2.05) is 0 Å². The molecule has 0 radical (unpaired) electrons. The number of amides is 3. The monoisotopic (exact) mass is 335 g/mol. The Morgan fingerprint density at radius 2 is 1.92 bits per heavy atom. The maximum Gasteiger partial charge on any atom is 0.317 e. The van der Waals surface area contributed by atoms with Crippen LogP contribution in [0.5, 0.6) is 0 Å². The van der Waals surface area contributed by atoms with E-state index < -0.39 is 0 Å². The summed E-state index contributed by atoms with van der Waals surface area (Å²) in [6.07, 6.45) is 4.86. The highest BCUT2D eigenvalue weighted by Gasteiger charge is 2.25. The molecule has 8 heteroatoms. The number of carbonyl (C=O) groups excluding carboxylic acids is 2. The van der Waals surface area contributed by atoms with Gasteiger partial charge in [0.05, 0.1) is 0 Å². The van der Waals surface area contributed by atoms with Gasteiger partial charge >= 0.3 is 6.03 Å². The summed E-state index contributed by atoms with van der Waals surface area (Å²) < 4.78 is 5.27. The zero-order valence-corrected chi connectivity index (χ0v) is 14.2. The molecule has 1 aliphatic carbocycles. The predicted molar refractivity (Wildman–Crippen MR) is 86.4 cm³/mol. The molecule has 1 aliphatic heterocycles. The molecule has 0 unspecified atom stereocenters. The first kappa shape index (κ1) is 16.7. The molecule has 0 aromatic carbocycles. The van der Waals surface area contributed by atoms with E-state index >= 15 is 0 Å². The van der Waals surface area contributed by atoms with Crippen LogP contribution in [-0.4, -0.2) is 64.6 Å². The van der Waals surface area contributed by atoms with Crippen LogP contribution in [0.2, 0.25) is 0 Å². The summed E-state index contributed by atoms with van der Waals surface area (Å²) in [6.45, 7) is 4.60. The van der Waals surface area contributed by atoms with Crippen molar-refractivity contribution in [2.45, 2.75) is 44.9 Å². The minimum atomic E-state index is -0.0943. The van der Waals surface area contributed by atoms with Crippen molar-refractivity contribution in [3.63, 3.8) is 0 Å². The third-order valence-electron chi connectivity index (χ3n) is 4.79. The maximum absolute atomic E-state index is 12.2. The molecular weight excluding hydrogens is 310 g/mol. The number of aromatic nitrogens is 2. The Balaban J connectivity index is 1.40. The molecule has 2 fully saturated rings. The van der Waals surface area contributed by atoms with Crippen LogP contribution in [0.25, 0.3) is 0 Å². The minimum absolute atomic E-state index is 0.0663.